The van der Waals surface area contributed by atoms with Crippen molar-refractivity contribution in [2.75, 3.05) is 5.73 Å². The first-order chi connectivity index (χ1) is 4.50. The number of hydrogen-bond acceptors (Lipinski definition) is 2. The molecule has 0 saturated carbocycles. The molecule has 1 rings (SSSR count). The third kappa shape index (κ3) is 2.59. The molecule has 11 heavy (non-hydrogen) atoms. The van der Waals surface area contributed by atoms with Crippen molar-refractivity contribution in [3.05, 3.63) is 17.0 Å². The first kappa shape index (κ1) is 10.6. The summed E-state index contributed by atoms with van der Waals surface area (Å²) in [6.07, 6.45) is -4.26. The van der Waals surface area contributed by atoms with Crippen LogP contribution in [0.3, 0.4) is 0 Å². The quantitative estimate of drug-likeness (QED) is 0.690. The zero-order valence-electron chi connectivity index (χ0n) is 5.18. The third-order valence-corrected chi connectivity index (χ3v) is 1.71. The van der Waals surface area contributed by atoms with E-state index < -0.39 is 11.7 Å². The van der Waals surface area contributed by atoms with E-state index in [1.807, 2.05) is 0 Å². The van der Waals surface area contributed by atoms with Gasteiger partial charge in [0.05, 0.1) is 10.6 Å². The Labute approximate surface area is 71.4 Å². The molecule has 0 atom stereocenters. The van der Waals surface area contributed by atoms with Crippen LogP contribution < -0.4 is 5.73 Å². The van der Waals surface area contributed by atoms with E-state index >= 15 is 0 Å². The minimum absolute atomic E-state index is 0. The monoisotopic (exact) mass is 203 g/mol. The summed E-state index contributed by atoms with van der Waals surface area (Å²) in [7, 11) is 0. The molecule has 0 bridgehead atoms. The molecule has 0 spiro atoms. The van der Waals surface area contributed by atoms with Crippen molar-refractivity contribution in [3.63, 3.8) is 0 Å². The molecular formula is C5H5ClF3NS. The molecule has 0 radical (unpaired) electrons. The highest BCUT2D eigenvalue weighted by molar-refractivity contribution is 7.14. The molecule has 1 aromatic rings. The van der Waals surface area contributed by atoms with Crippen LogP contribution in [0.15, 0.2) is 11.4 Å². The lowest BCUT2D eigenvalue weighted by atomic mass is 10.3. The molecular weight excluding hydrogens is 199 g/mol. The van der Waals surface area contributed by atoms with E-state index in [0.717, 1.165) is 22.8 Å². The molecule has 0 aliphatic carbocycles. The molecule has 1 heterocycles. The van der Waals surface area contributed by atoms with Crippen LogP contribution >= 0.6 is 23.7 Å². The fourth-order valence-corrected chi connectivity index (χ4v) is 1.16. The number of thiophene rings is 1. The normalized spacial score (nSPS) is 10.8. The van der Waals surface area contributed by atoms with E-state index in [1.165, 1.54) is 0 Å². The van der Waals surface area contributed by atoms with Gasteiger partial charge in [0.15, 0.2) is 0 Å². The number of nitrogens with two attached hydrogens (primary N) is 1. The van der Waals surface area contributed by atoms with Crippen LogP contribution in [0.5, 0.6) is 0 Å². The Kier molecular flexibility index (Phi) is 3.19. The van der Waals surface area contributed by atoms with Gasteiger partial charge >= 0.3 is 6.18 Å². The van der Waals surface area contributed by atoms with Gasteiger partial charge in [0.25, 0.3) is 0 Å². The summed E-state index contributed by atoms with van der Waals surface area (Å²) in [5.41, 5.74) is 4.42. The Morgan fingerprint density at radius 3 is 2.09 bits per heavy atom. The van der Waals surface area contributed by atoms with Crippen molar-refractivity contribution < 1.29 is 13.2 Å². The van der Waals surface area contributed by atoms with Crippen LogP contribution in [-0.4, -0.2) is 0 Å². The summed E-state index contributed by atoms with van der Waals surface area (Å²) in [5, 5.41) is 1.18. The van der Waals surface area contributed by atoms with E-state index in [2.05, 4.69) is 0 Å². The second-order valence-corrected chi connectivity index (χ2v) is 2.68. The average molecular weight is 204 g/mol. The fraction of sp³-hybridized carbons (Fsp3) is 0.200. The van der Waals surface area contributed by atoms with Crippen molar-refractivity contribution in [3.8, 4) is 0 Å². The van der Waals surface area contributed by atoms with Crippen molar-refractivity contribution in [1.82, 2.24) is 0 Å². The molecule has 64 valence electrons. The number of alkyl halides is 3. The summed E-state index contributed by atoms with van der Waals surface area (Å²) in [6, 6.07) is 0.921. The second-order valence-electron chi connectivity index (χ2n) is 1.74. The highest BCUT2D eigenvalue weighted by atomic mass is 35.5. The van der Waals surface area contributed by atoms with Gasteiger partial charge in [0, 0.05) is 5.38 Å². The summed E-state index contributed by atoms with van der Waals surface area (Å²) in [5.74, 6) is 0. The molecule has 1 aromatic heterocycles. The van der Waals surface area contributed by atoms with Gasteiger partial charge in [-0.3, -0.25) is 0 Å². The van der Waals surface area contributed by atoms with Crippen molar-refractivity contribution in [2.24, 2.45) is 0 Å². The Morgan fingerprint density at radius 2 is 1.91 bits per heavy atom. The van der Waals surface area contributed by atoms with Gasteiger partial charge in [-0.2, -0.15) is 13.2 Å². The number of anilines is 1. The minimum Gasteiger partial charge on any atom is -0.391 e. The molecule has 0 saturated heterocycles. The molecule has 0 fully saturated rings. The predicted molar refractivity (Wildman–Crippen MR) is 41.0 cm³/mol. The number of halogens is 4. The third-order valence-electron chi connectivity index (χ3n) is 0.947. The smallest absolute Gasteiger partial charge is 0.391 e. The van der Waals surface area contributed by atoms with Gasteiger partial charge in [-0.25, -0.2) is 0 Å². The Bertz CT molecular complexity index is 232. The zero-order valence-corrected chi connectivity index (χ0v) is 6.82. The van der Waals surface area contributed by atoms with Crippen LogP contribution in [0.4, 0.5) is 18.2 Å². The largest absolute Gasteiger partial charge is 0.417 e. The molecule has 1 nitrogen and oxygen atoms in total. The molecule has 0 amide bonds. The number of hydrogen-bond donors (Lipinski definition) is 1. The van der Waals surface area contributed by atoms with Crippen molar-refractivity contribution in [1.29, 1.82) is 0 Å². The molecule has 0 aromatic carbocycles. The molecule has 0 aliphatic heterocycles. The zero-order chi connectivity index (χ0) is 7.78. The van der Waals surface area contributed by atoms with Gasteiger partial charge in [-0.05, 0) is 6.07 Å². The van der Waals surface area contributed by atoms with Crippen LogP contribution in [0, 0.1) is 0 Å². The SMILES string of the molecule is Cl.Nc1cc(C(F)(F)F)cs1. The topological polar surface area (TPSA) is 26.0 Å². The number of rotatable bonds is 0. The lowest BCUT2D eigenvalue weighted by Crippen LogP contribution is -2.01. The average Bonchev–Trinajstić information content (AvgIpc) is 2.11. The van der Waals surface area contributed by atoms with Crippen LogP contribution in [0.1, 0.15) is 5.56 Å². The Balaban J connectivity index is 0.000001000. The highest BCUT2D eigenvalue weighted by Crippen LogP contribution is 2.33. The summed E-state index contributed by atoms with van der Waals surface area (Å²) < 4.78 is 35.3. The predicted octanol–water partition coefficient (Wildman–Crippen LogP) is 2.77. The highest BCUT2D eigenvalue weighted by Gasteiger charge is 2.31. The van der Waals surface area contributed by atoms with Gasteiger partial charge in [-0.15, -0.1) is 23.7 Å². The Morgan fingerprint density at radius 1 is 1.36 bits per heavy atom. The maximum atomic E-state index is 11.8. The summed E-state index contributed by atoms with van der Waals surface area (Å²) >= 11 is 0.889. The lowest BCUT2D eigenvalue weighted by molar-refractivity contribution is -0.137. The lowest BCUT2D eigenvalue weighted by Gasteiger charge is -2.00. The standard InChI is InChI=1S/C5H4F3NS.ClH/c6-5(7,8)3-1-4(9)10-2-3;/h1-2H,9H2;1H. The molecule has 0 unspecified atom stereocenters. The van der Waals surface area contributed by atoms with E-state index in [0.29, 0.717) is 0 Å². The molecule has 6 heteroatoms. The van der Waals surface area contributed by atoms with E-state index in [1.54, 1.807) is 0 Å². The molecule has 0 aliphatic rings. The van der Waals surface area contributed by atoms with Gasteiger partial charge in [-0.1, -0.05) is 0 Å². The summed E-state index contributed by atoms with van der Waals surface area (Å²) in [4.78, 5) is 0. The minimum atomic E-state index is -4.26. The fourth-order valence-electron chi connectivity index (χ4n) is 0.501. The van der Waals surface area contributed by atoms with Crippen molar-refractivity contribution >= 4 is 28.7 Å². The van der Waals surface area contributed by atoms with E-state index in [9.17, 15) is 13.2 Å². The van der Waals surface area contributed by atoms with Crippen LogP contribution in [0.25, 0.3) is 0 Å². The van der Waals surface area contributed by atoms with Gasteiger partial charge < -0.3 is 5.73 Å². The van der Waals surface area contributed by atoms with E-state index in [-0.39, 0.29) is 17.4 Å². The van der Waals surface area contributed by atoms with E-state index in [4.69, 9.17) is 5.73 Å². The first-order valence-corrected chi connectivity index (χ1v) is 3.29. The first-order valence-electron chi connectivity index (χ1n) is 2.41. The maximum Gasteiger partial charge on any atom is 0.417 e. The molecule has 2 N–H and O–H groups in total. The maximum absolute atomic E-state index is 11.8. The Hall–Kier alpha value is -0.420. The van der Waals surface area contributed by atoms with Gasteiger partial charge in [0.1, 0.15) is 0 Å². The summed E-state index contributed by atoms with van der Waals surface area (Å²) in [6.45, 7) is 0. The van der Waals surface area contributed by atoms with Gasteiger partial charge in [0.2, 0.25) is 0 Å². The second kappa shape index (κ2) is 3.32. The van der Waals surface area contributed by atoms with Crippen LogP contribution in [0.2, 0.25) is 0 Å². The number of nitrogen functional groups attached to an aromatic ring is 1. The van der Waals surface area contributed by atoms with Crippen LogP contribution in [-0.2, 0) is 6.18 Å². The van der Waals surface area contributed by atoms with Crippen molar-refractivity contribution in [2.45, 2.75) is 6.18 Å².